The van der Waals surface area contributed by atoms with Crippen LogP contribution in [0.2, 0.25) is 10.0 Å². The Morgan fingerprint density at radius 1 is 1.33 bits per heavy atom. The molecule has 1 aromatic carbocycles. The number of hydrogen-bond donors (Lipinski definition) is 2. The lowest BCUT2D eigenvalue weighted by Gasteiger charge is -2.26. The first-order valence-corrected chi connectivity index (χ1v) is 6.09. The van der Waals surface area contributed by atoms with E-state index in [9.17, 15) is 9.59 Å². The molecule has 0 unspecified atom stereocenters. The van der Waals surface area contributed by atoms with Crippen molar-refractivity contribution in [3.05, 3.63) is 28.2 Å². The minimum Gasteiger partial charge on any atom is -0.353 e. The summed E-state index contributed by atoms with van der Waals surface area (Å²) >= 11 is 11.6. The monoisotopic (exact) mass is 287 g/mol. The molecule has 0 aliphatic carbocycles. The fraction of sp³-hybridized carbons (Fsp3) is 0.273. The Balaban J connectivity index is 2.02. The molecule has 96 valence electrons. The Hall–Kier alpha value is -1.46. The summed E-state index contributed by atoms with van der Waals surface area (Å²) in [5.41, 5.74) is 0.542. The van der Waals surface area contributed by atoms with Crippen LogP contribution in [0.1, 0.15) is 0 Å². The fourth-order valence-electron chi connectivity index (χ4n) is 1.59. The van der Waals surface area contributed by atoms with Gasteiger partial charge in [-0.1, -0.05) is 23.2 Å². The number of hydrogen-bond acceptors (Lipinski definition) is 2. The summed E-state index contributed by atoms with van der Waals surface area (Å²) < 4.78 is 0. The molecule has 1 aliphatic heterocycles. The Kier molecular flexibility index (Phi) is 3.93. The second kappa shape index (κ2) is 5.46. The first-order chi connectivity index (χ1) is 8.56. The number of nitrogens with one attached hydrogen (secondary N) is 2. The van der Waals surface area contributed by atoms with E-state index < -0.39 is 0 Å². The number of carbonyl (C=O) groups is 2. The SMILES string of the molecule is O=C1CN(C(=O)Nc2ccc(Cl)c(Cl)c2)CCN1. The van der Waals surface area contributed by atoms with E-state index in [0.29, 0.717) is 28.8 Å². The maximum absolute atomic E-state index is 11.9. The van der Waals surface area contributed by atoms with Gasteiger partial charge in [0.15, 0.2) is 0 Å². The van der Waals surface area contributed by atoms with Crippen molar-refractivity contribution >= 4 is 40.8 Å². The van der Waals surface area contributed by atoms with Crippen LogP contribution in [0.5, 0.6) is 0 Å². The molecule has 2 N–H and O–H groups in total. The largest absolute Gasteiger partial charge is 0.353 e. The average molecular weight is 288 g/mol. The van der Waals surface area contributed by atoms with Crippen LogP contribution in [0.3, 0.4) is 0 Å². The van der Waals surface area contributed by atoms with Gasteiger partial charge in [-0.2, -0.15) is 0 Å². The van der Waals surface area contributed by atoms with E-state index in [-0.39, 0.29) is 18.5 Å². The molecule has 1 heterocycles. The number of anilines is 1. The molecule has 0 saturated carbocycles. The number of nitrogens with zero attached hydrogens (tertiary/aromatic N) is 1. The van der Waals surface area contributed by atoms with Crippen LogP contribution in [0, 0.1) is 0 Å². The molecule has 0 spiro atoms. The Morgan fingerprint density at radius 2 is 2.11 bits per heavy atom. The van der Waals surface area contributed by atoms with Crippen molar-refractivity contribution in [1.82, 2.24) is 10.2 Å². The zero-order chi connectivity index (χ0) is 13.1. The van der Waals surface area contributed by atoms with Crippen molar-refractivity contribution in [3.63, 3.8) is 0 Å². The van der Waals surface area contributed by atoms with Crippen LogP contribution in [0.4, 0.5) is 10.5 Å². The van der Waals surface area contributed by atoms with Gasteiger partial charge in [-0.3, -0.25) is 4.79 Å². The third-order valence-corrected chi connectivity index (χ3v) is 3.24. The van der Waals surface area contributed by atoms with Gasteiger partial charge in [-0.25, -0.2) is 4.79 Å². The highest BCUT2D eigenvalue weighted by atomic mass is 35.5. The lowest BCUT2D eigenvalue weighted by Crippen LogP contribution is -2.51. The Morgan fingerprint density at radius 3 is 2.78 bits per heavy atom. The highest BCUT2D eigenvalue weighted by Crippen LogP contribution is 2.25. The lowest BCUT2D eigenvalue weighted by molar-refractivity contribution is -0.123. The fourth-order valence-corrected chi connectivity index (χ4v) is 1.89. The van der Waals surface area contributed by atoms with Gasteiger partial charge in [0.05, 0.1) is 10.0 Å². The maximum atomic E-state index is 11.9. The molecule has 0 radical (unpaired) electrons. The first kappa shape index (κ1) is 13.0. The van der Waals surface area contributed by atoms with Crippen molar-refractivity contribution in [1.29, 1.82) is 0 Å². The topological polar surface area (TPSA) is 61.4 Å². The van der Waals surface area contributed by atoms with E-state index in [0.717, 1.165) is 0 Å². The van der Waals surface area contributed by atoms with Crippen molar-refractivity contribution in [2.24, 2.45) is 0 Å². The molecule has 1 saturated heterocycles. The molecule has 1 aliphatic rings. The number of benzene rings is 1. The van der Waals surface area contributed by atoms with Gasteiger partial charge in [0.25, 0.3) is 0 Å². The standard InChI is InChI=1S/C11H11Cl2N3O2/c12-8-2-1-7(5-9(8)13)15-11(18)16-4-3-14-10(17)6-16/h1-2,5H,3-4,6H2,(H,14,17)(H,15,18). The van der Waals surface area contributed by atoms with Gasteiger partial charge in [-0.05, 0) is 18.2 Å². The van der Waals surface area contributed by atoms with E-state index in [1.165, 1.54) is 4.90 Å². The van der Waals surface area contributed by atoms with Crippen molar-refractivity contribution in [2.75, 3.05) is 25.0 Å². The van der Waals surface area contributed by atoms with E-state index >= 15 is 0 Å². The molecule has 1 fully saturated rings. The van der Waals surface area contributed by atoms with E-state index in [2.05, 4.69) is 10.6 Å². The summed E-state index contributed by atoms with van der Waals surface area (Å²) in [5.74, 6) is -0.162. The zero-order valence-corrected chi connectivity index (χ0v) is 10.9. The van der Waals surface area contributed by atoms with Crippen LogP contribution in [-0.2, 0) is 4.79 Å². The predicted molar refractivity (Wildman–Crippen MR) is 70.1 cm³/mol. The van der Waals surface area contributed by atoms with Crippen molar-refractivity contribution < 1.29 is 9.59 Å². The molecular formula is C11H11Cl2N3O2. The number of urea groups is 1. The summed E-state index contributed by atoms with van der Waals surface area (Å²) in [7, 11) is 0. The van der Waals surface area contributed by atoms with E-state index in [1.54, 1.807) is 18.2 Å². The van der Waals surface area contributed by atoms with E-state index in [4.69, 9.17) is 23.2 Å². The molecule has 0 aromatic heterocycles. The van der Waals surface area contributed by atoms with Crippen LogP contribution in [-0.4, -0.2) is 36.5 Å². The normalized spacial score (nSPS) is 15.2. The van der Waals surface area contributed by atoms with Gasteiger partial charge < -0.3 is 15.5 Å². The second-order valence-electron chi connectivity index (χ2n) is 3.83. The Labute approximate surface area is 114 Å². The molecule has 1 aromatic rings. The lowest BCUT2D eigenvalue weighted by atomic mass is 10.3. The minimum absolute atomic E-state index is 0.0627. The number of carbonyl (C=O) groups excluding carboxylic acids is 2. The summed E-state index contributed by atoms with van der Waals surface area (Å²) in [6.45, 7) is 1.01. The van der Waals surface area contributed by atoms with E-state index in [1.807, 2.05) is 0 Å². The Bertz CT molecular complexity index is 493. The number of piperazine rings is 1. The summed E-state index contributed by atoms with van der Waals surface area (Å²) in [6, 6.07) is 4.48. The van der Waals surface area contributed by atoms with Gasteiger partial charge in [0.1, 0.15) is 6.54 Å². The highest BCUT2D eigenvalue weighted by molar-refractivity contribution is 6.42. The van der Waals surface area contributed by atoms with Crippen LogP contribution in [0.15, 0.2) is 18.2 Å². The molecule has 18 heavy (non-hydrogen) atoms. The van der Waals surface area contributed by atoms with Crippen molar-refractivity contribution in [3.8, 4) is 0 Å². The predicted octanol–water partition coefficient (Wildman–Crippen LogP) is 1.96. The van der Waals surface area contributed by atoms with Crippen LogP contribution < -0.4 is 10.6 Å². The van der Waals surface area contributed by atoms with Crippen LogP contribution >= 0.6 is 23.2 Å². The molecule has 3 amide bonds. The van der Waals surface area contributed by atoms with Gasteiger partial charge in [-0.15, -0.1) is 0 Å². The molecule has 0 atom stereocenters. The number of amides is 3. The molecular weight excluding hydrogens is 277 g/mol. The highest BCUT2D eigenvalue weighted by Gasteiger charge is 2.21. The summed E-state index contributed by atoms with van der Waals surface area (Å²) in [5, 5.41) is 6.10. The van der Waals surface area contributed by atoms with Gasteiger partial charge in [0.2, 0.25) is 5.91 Å². The minimum atomic E-state index is -0.330. The first-order valence-electron chi connectivity index (χ1n) is 5.34. The molecule has 7 heteroatoms. The van der Waals surface area contributed by atoms with Gasteiger partial charge in [0, 0.05) is 18.8 Å². The average Bonchev–Trinajstić information content (AvgIpc) is 2.34. The smallest absolute Gasteiger partial charge is 0.322 e. The third kappa shape index (κ3) is 3.05. The molecule has 0 bridgehead atoms. The van der Waals surface area contributed by atoms with Crippen molar-refractivity contribution in [2.45, 2.75) is 0 Å². The molecule has 5 nitrogen and oxygen atoms in total. The summed E-state index contributed by atoms with van der Waals surface area (Å²) in [6.07, 6.45) is 0. The summed E-state index contributed by atoms with van der Waals surface area (Å²) in [4.78, 5) is 24.5. The number of rotatable bonds is 1. The maximum Gasteiger partial charge on any atom is 0.322 e. The zero-order valence-electron chi connectivity index (χ0n) is 9.37. The van der Waals surface area contributed by atoms with Crippen LogP contribution in [0.25, 0.3) is 0 Å². The quantitative estimate of drug-likeness (QED) is 0.829. The molecule has 2 rings (SSSR count). The van der Waals surface area contributed by atoms with Gasteiger partial charge >= 0.3 is 6.03 Å². The number of halogens is 2. The second-order valence-corrected chi connectivity index (χ2v) is 4.64. The third-order valence-electron chi connectivity index (χ3n) is 2.50.